The van der Waals surface area contributed by atoms with Crippen molar-refractivity contribution in [3.8, 4) is 0 Å². The van der Waals surface area contributed by atoms with Gasteiger partial charge in [0.2, 0.25) is 0 Å². The molecule has 0 atom stereocenters. The molecular weight excluding hydrogens is 258 g/mol. The summed E-state index contributed by atoms with van der Waals surface area (Å²) in [6.07, 6.45) is 0.722. The fraction of sp³-hybridized carbons (Fsp3) is 0.727. The van der Waals surface area contributed by atoms with Crippen LogP contribution in [-0.2, 0) is 4.79 Å². The number of halogens is 1. The van der Waals surface area contributed by atoms with Crippen molar-refractivity contribution in [3.05, 3.63) is 12.7 Å². The summed E-state index contributed by atoms with van der Waals surface area (Å²) in [7, 11) is 0. The fourth-order valence-corrected chi connectivity index (χ4v) is 2.08. The van der Waals surface area contributed by atoms with E-state index in [1.807, 2.05) is 0 Å². The Hall–Kier alpha value is -0.350. The number of carboxylic acids is 1. The number of hydrogen-bond acceptors (Lipinski definition) is 2. The summed E-state index contributed by atoms with van der Waals surface area (Å²) in [6, 6.07) is 0. The van der Waals surface area contributed by atoms with Crippen LogP contribution < -0.4 is 5.11 Å². The van der Waals surface area contributed by atoms with Gasteiger partial charge in [-0.15, -0.1) is 0 Å². The Balaban J connectivity index is 0. The molecule has 0 bridgehead atoms. The maximum Gasteiger partial charge on any atom is 0.0884 e. The molecule has 3 nitrogen and oxygen atoms in total. The van der Waals surface area contributed by atoms with E-state index in [1.165, 1.54) is 30.7 Å². The molecule has 0 aliphatic heterocycles. The van der Waals surface area contributed by atoms with Gasteiger partial charge in [-0.05, 0) is 26.8 Å². The van der Waals surface area contributed by atoms with Gasteiger partial charge in [-0.1, -0.05) is 22.5 Å². The molecule has 0 saturated carbocycles. The zero-order valence-corrected chi connectivity index (χ0v) is 11.5. The third-order valence-electron chi connectivity index (χ3n) is 2.74. The number of carbonyl (C=O) groups excluding carboxylic acids is 1. The lowest BCUT2D eigenvalue weighted by molar-refractivity contribution is -0.920. The molecule has 90 valence electrons. The van der Waals surface area contributed by atoms with Crippen LogP contribution in [0.5, 0.6) is 0 Å². The first-order chi connectivity index (χ1) is 7.01. The predicted molar refractivity (Wildman–Crippen MR) is 65.7 cm³/mol. The molecule has 0 N–H and O–H groups in total. The molecule has 0 aromatic heterocycles. The first kappa shape index (κ1) is 17.1. The molecule has 15 heavy (non-hydrogen) atoms. The standard InChI is InChI=1S/C8H19BrN.C3H4O2/c1-4-10(5-2,6-3)8-7-9;1-2-3(4)5/h4-8H2,1-3H3;2H,1H2,(H,4,5)/q+1;/p-1. The summed E-state index contributed by atoms with van der Waals surface area (Å²) in [5, 5.41) is 10.3. The topological polar surface area (TPSA) is 40.1 Å². The van der Waals surface area contributed by atoms with Crippen molar-refractivity contribution >= 4 is 21.9 Å². The zero-order chi connectivity index (χ0) is 12.3. The Morgan fingerprint density at radius 2 is 1.67 bits per heavy atom. The highest BCUT2D eigenvalue weighted by molar-refractivity contribution is 9.09. The molecule has 0 amide bonds. The van der Waals surface area contributed by atoms with Gasteiger partial charge in [-0.25, -0.2) is 0 Å². The van der Waals surface area contributed by atoms with E-state index >= 15 is 0 Å². The van der Waals surface area contributed by atoms with Crippen molar-refractivity contribution in [2.75, 3.05) is 31.5 Å². The average Bonchev–Trinajstić information content (AvgIpc) is 2.27. The Bertz CT molecular complexity index is 171. The monoisotopic (exact) mass is 279 g/mol. The normalized spacial score (nSPS) is 10.1. The number of nitrogens with zero attached hydrogens (tertiary/aromatic N) is 1. The van der Waals surface area contributed by atoms with Gasteiger partial charge in [-0.2, -0.15) is 0 Å². The minimum absolute atomic E-state index is 0.722. The molecule has 0 aliphatic rings. The van der Waals surface area contributed by atoms with Gasteiger partial charge in [0, 0.05) is 0 Å². The van der Waals surface area contributed by atoms with Crippen LogP contribution >= 0.6 is 15.9 Å². The molecule has 0 unspecified atom stereocenters. The quantitative estimate of drug-likeness (QED) is 0.416. The highest BCUT2D eigenvalue weighted by Gasteiger charge is 2.18. The van der Waals surface area contributed by atoms with Crippen LogP contribution in [0.4, 0.5) is 0 Å². The zero-order valence-electron chi connectivity index (χ0n) is 9.96. The molecule has 0 aromatic carbocycles. The van der Waals surface area contributed by atoms with Crippen LogP contribution in [0.1, 0.15) is 20.8 Å². The Kier molecular flexibility index (Phi) is 11.6. The van der Waals surface area contributed by atoms with Gasteiger partial charge in [0.25, 0.3) is 0 Å². The summed E-state index contributed by atoms with van der Waals surface area (Å²) >= 11 is 3.49. The van der Waals surface area contributed by atoms with Crippen molar-refractivity contribution < 1.29 is 14.4 Å². The number of aliphatic carboxylic acids is 1. The smallest absolute Gasteiger partial charge is 0.0884 e. The molecular formula is C11H22BrNO2. The molecule has 0 spiro atoms. The molecule has 0 saturated heterocycles. The maximum absolute atomic E-state index is 9.14. The van der Waals surface area contributed by atoms with Crippen LogP contribution in [0.25, 0.3) is 0 Å². The number of carboxylic acid groups (broad SMARTS) is 1. The largest absolute Gasteiger partial charge is 0.545 e. The second kappa shape index (κ2) is 10.2. The van der Waals surface area contributed by atoms with Gasteiger partial charge in [0.1, 0.15) is 0 Å². The molecule has 0 rings (SSSR count). The highest BCUT2D eigenvalue weighted by atomic mass is 79.9. The summed E-state index contributed by atoms with van der Waals surface area (Å²) in [4.78, 5) is 9.14. The van der Waals surface area contributed by atoms with Crippen LogP contribution in [-0.4, -0.2) is 42.0 Å². The number of hydrogen-bond donors (Lipinski definition) is 0. The minimum atomic E-state index is -1.23. The van der Waals surface area contributed by atoms with Crippen molar-refractivity contribution in [1.82, 2.24) is 0 Å². The van der Waals surface area contributed by atoms with E-state index in [0.29, 0.717) is 0 Å². The van der Waals surface area contributed by atoms with Gasteiger partial charge in [0.15, 0.2) is 0 Å². The maximum atomic E-state index is 9.14. The van der Waals surface area contributed by atoms with Crippen molar-refractivity contribution in [2.45, 2.75) is 20.8 Å². The lowest BCUT2D eigenvalue weighted by Gasteiger charge is -2.35. The van der Waals surface area contributed by atoms with E-state index in [2.05, 4.69) is 43.3 Å². The lowest BCUT2D eigenvalue weighted by Crippen LogP contribution is -2.48. The minimum Gasteiger partial charge on any atom is -0.545 e. The summed E-state index contributed by atoms with van der Waals surface area (Å²) < 4.78 is 1.26. The van der Waals surface area contributed by atoms with Crippen LogP contribution in [0.15, 0.2) is 12.7 Å². The van der Waals surface area contributed by atoms with E-state index < -0.39 is 5.97 Å². The lowest BCUT2D eigenvalue weighted by atomic mass is 10.3. The third-order valence-corrected chi connectivity index (χ3v) is 3.09. The van der Waals surface area contributed by atoms with E-state index in [9.17, 15) is 0 Å². The van der Waals surface area contributed by atoms with Crippen molar-refractivity contribution in [2.24, 2.45) is 0 Å². The second-order valence-electron chi connectivity index (χ2n) is 3.23. The second-order valence-corrected chi connectivity index (χ2v) is 4.02. The number of alkyl halides is 1. The molecule has 0 heterocycles. The first-order valence-electron chi connectivity index (χ1n) is 5.26. The predicted octanol–water partition coefficient (Wildman–Crippen LogP) is 1.18. The Labute approximate surface area is 101 Å². The Morgan fingerprint density at radius 3 is 1.73 bits per heavy atom. The molecule has 4 heteroatoms. The number of rotatable bonds is 6. The average molecular weight is 280 g/mol. The number of quaternary nitrogens is 1. The first-order valence-corrected chi connectivity index (χ1v) is 6.38. The molecule has 0 aromatic rings. The Morgan fingerprint density at radius 1 is 1.33 bits per heavy atom. The van der Waals surface area contributed by atoms with Gasteiger partial charge in [0.05, 0.1) is 37.5 Å². The molecule has 0 radical (unpaired) electrons. The SMILES string of the molecule is C=CC(=O)[O-].CC[N+](CC)(CC)CCBr. The van der Waals surface area contributed by atoms with E-state index in [0.717, 1.165) is 11.4 Å². The van der Waals surface area contributed by atoms with Crippen LogP contribution in [0.3, 0.4) is 0 Å². The number of carbonyl (C=O) groups is 1. The van der Waals surface area contributed by atoms with E-state index in [1.54, 1.807) is 0 Å². The summed E-state index contributed by atoms with van der Waals surface area (Å²) in [6.45, 7) is 14.8. The fourth-order valence-electron chi connectivity index (χ4n) is 1.32. The molecule has 0 aliphatic carbocycles. The summed E-state index contributed by atoms with van der Waals surface area (Å²) in [5.74, 6) is -1.23. The highest BCUT2D eigenvalue weighted by Crippen LogP contribution is 2.05. The van der Waals surface area contributed by atoms with Crippen LogP contribution in [0.2, 0.25) is 0 Å². The van der Waals surface area contributed by atoms with Crippen LogP contribution in [0, 0.1) is 0 Å². The van der Waals surface area contributed by atoms with Gasteiger partial charge in [-0.3, -0.25) is 0 Å². The van der Waals surface area contributed by atoms with Gasteiger partial charge >= 0.3 is 0 Å². The molecule has 0 fully saturated rings. The van der Waals surface area contributed by atoms with Crippen molar-refractivity contribution in [1.29, 1.82) is 0 Å². The van der Waals surface area contributed by atoms with E-state index in [-0.39, 0.29) is 0 Å². The van der Waals surface area contributed by atoms with E-state index in [4.69, 9.17) is 9.90 Å². The van der Waals surface area contributed by atoms with Gasteiger partial charge < -0.3 is 14.4 Å². The van der Waals surface area contributed by atoms with Crippen molar-refractivity contribution in [3.63, 3.8) is 0 Å². The summed E-state index contributed by atoms with van der Waals surface area (Å²) in [5.41, 5.74) is 0. The third kappa shape index (κ3) is 8.63.